The first kappa shape index (κ1) is 16.9. The number of urea groups is 1. The number of carbonyl (C=O) groups excluding carboxylic acids is 1. The smallest absolute Gasteiger partial charge is 0.314 e. The van der Waals surface area contributed by atoms with E-state index in [1.54, 1.807) is 12.4 Å². The summed E-state index contributed by atoms with van der Waals surface area (Å²) in [7, 11) is 0. The minimum atomic E-state index is -0.886. The van der Waals surface area contributed by atoms with Crippen LogP contribution < -0.4 is 10.6 Å². The number of carboxylic acids is 1. The number of carbonyl (C=O) groups is 2. The highest BCUT2D eigenvalue weighted by molar-refractivity contribution is 5.78. The molecule has 0 aliphatic carbocycles. The average Bonchev–Trinajstić information content (AvgIpc) is 2.49. The normalized spacial score (nSPS) is 11.0. The molecule has 0 radical (unpaired) electrons. The first-order chi connectivity index (χ1) is 10.0. The van der Waals surface area contributed by atoms with Crippen molar-refractivity contribution in [1.29, 1.82) is 0 Å². The summed E-state index contributed by atoms with van der Waals surface area (Å²) < 4.78 is 0. The topological polar surface area (TPSA) is 91.3 Å². The Morgan fingerprint density at radius 1 is 1.19 bits per heavy atom. The van der Waals surface area contributed by atoms with Crippen molar-refractivity contribution in [1.82, 2.24) is 15.6 Å². The SMILES string of the molecule is CCC(CC)(CNC(=O)NCCc1ccncc1)C(=O)O. The molecule has 0 aliphatic rings. The Labute approximate surface area is 125 Å². The Balaban J connectivity index is 2.35. The predicted octanol–water partition coefficient (Wildman–Crippen LogP) is 1.81. The monoisotopic (exact) mass is 293 g/mol. The second kappa shape index (κ2) is 8.24. The van der Waals surface area contributed by atoms with Gasteiger partial charge in [-0.3, -0.25) is 9.78 Å². The van der Waals surface area contributed by atoms with Gasteiger partial charge in [0.15, 0.2) is 0 Å². The fraction of sp³-hybridized carbons (Fsp3) is 0.533. The van der Waals surface area contributed by atoms with Gasteiger partial charge in [0.05, 0.1) is 5.41 Å². The third kappa shape index (κ3) is 5.06. The molecule has 0 saturated heterocycles. The van der Waals surface area contributed by atoms with Crippen molar-refractivity contribution in [3.63, 3.8) is 0 Å². The maximum atomic E-state index is 11.7. The van der Waals surface area contributed by atoms with Crippen LogP contribution in [0.4, 0.5) is 4.79 Å². The van der Waals surface area contributed by atoms with Gasteiger partial charge >= 0.3 is 12.0 Å². The van der Waals surface area contributed by atoms with E-state index in [4.69, 9.17) is 0 Å². The van der Waals surface area contributed by atoms with E-state index in [1.165, 1.54) is 0 Å². The van der Waals surface area contributed by atoms with E-state index < -0.39 is 11.4 Å². The van der Waals surface area contributed by atoms with Gasteiger partial charge in [-0.05, 0) is 37.0 Å². The summed E-state index contributed by atoms with van der Waals surface area (Å²) in [4.78, 5) is 26.9. The third-order valence-corrected chi connectivity index (χ3v) is 3.84. The van der Waals surface area contributed by atoms with Gasteiger partial charge in [-0.2, -0.15) is 0 Å². The van der Waals surface area contributed by atoms with Crippen molar-refractivity contribution in [3.05, 3.63) is 30.1 Å². The van der Waals surface area contributed by atoms with Crippen molar-refractivity contribution < 1.29 is 14.7 Å². The number of amides is 2. The lowest BCUT2D eigenvalue weighted by Crippen LogP contribution is -2.46. The van der Waals surface area contributed by atoms with Crippen molar-refractivity contribution >= 4 is 12.0 Å². The largest absolute Gasteiger partial charge is 0.481 e. The maximum absolute atomic E-state index is 11.7. The molecule has 116 valence electrons. The molecule has 0 aromatic carbocycles. The molecule has 3 N–H and O–H groups in total. The van der Waals surface area contributed by atoms with E-state index in [1.807, 2.05) is 26.0 Å². The van der Waals surface area contributed by atoms with Crippen LogP contribution in [0.25, 0.3) is 0 Å². The van der Waals surface area contributed by atoms with Crippen molar-refractivity contribution in [2.24, 2.45) is 5.41 Å². The van der Waals surface area contributed by atoms with Gasteiger partial charge < -0.3 is 15.7 Å². The predicted molar refractivity (Wildman–Crippen MR) is 80.0 cm³/mol. The zero-order valence-corrected chi connectivity index (χ0v) is 12.6. The highest BCUT2D eigenvalue weighted by Gasteiger charge is 2.35. The summed E-state index contributed by atoms with van der Waals surface area (Å²) in [5.41, 5.74) is 0.204. The van der Waals surface area contributed by atoms with Crippen LogP contribution in [-0.4, -0.2) is 35.2 Å². The summed E-state index contributed by atoms with van der Waals surface area (Å²) in [5.74, 6) is -0.871. The van der Waals surface area contributed by atoms with E-state index in [0.717, 1.165) is 5.56 Å². The summed E-state index contributed by atoms with van der Waals surface area (Å²) in [6.45, 7) is 4.27. The Hall–Kier alpha value is -2.11. The number of aromatic nitrogens is 1. The van der Waals surface area contributed by atoms with Gasteiger partial charge in [0.1, 0.15) is 0 Å². The van der Waals surface area contributed by atoms with E-state index in [9.17, 15) is 14.7 Å². The number of pyridine rings is 1. The number of aliphatic carboxylic acids is 1. The van der Waals surface area contributed by atoms with E-state index in [-0.39, 0.29) is 12.6 Å². The molecule has 1 aromatic heterocycles. The first-order valence-corrected chi connectivity index (χ1v) is 7.18. The fourth-order valence-electron chi connectivity index (χ4n) is 2.06. The van der Waals surface area contributed by atoms with Crippen LogP contribution in [0.15, 0.2) is 24.5 Å². The lowest BCUT2D eigenvalue weighted by molar-refractivity contribution is -0.149. The Kier molecular flexibility index (Phi) is 6.65. The Bertz CT molecular complexity index is 458. The number of hydrogen-bond acceptors (Lipinski definition) is 3. The first-order valence-electron chi connectivity index (χ1n) is 7.18. The Morgan fingerprint density at radius 2 is 1.81 bits per heavy atom. The second-order valence-electron chi connectivity index (χ2n) is 5.01. The lowest BCUT2D eigenvalue weighted by Gasteiger charge is -2.26. The lowest BCUT2D eigenvalue weighted by atomic mass is 9.82. The molecule has 1 rings (SSSR count). The van der Waals surface area contributed by atoms with Crippen LogP contribution in [0, 0.1) is 5.41 Å². The zero-order valence-electron chi connectivity index (χ0n) is 12.6. The van der Waals surface area contributed by atoms with Crippen molar-refractivity contribution in [3.8, 4) is 0 Å². The summed E-state index contributed by atoms with van der Waals surface area (Å²) in [6.07, 6.45) is 5.09. The molecule has 0 saturated carbocycles. The van der Waals surface area contributed by atoms with Gasteiger partial charge in [-0.15, -0.1) is 0 Å². The standard InChI is InChI=1S/C15H23N3O3/c1-3-15(4-2,13(19)20)11-18-14(21)17-10-7-12-5-8-16-9-6-12/h5-6,8-9H,3-4,7,10-11H2,1-2H3,(H,19,20)(H2,17,18,21). The number of rotatable bonds is 8. The van der Waals surface area contributed by atoms with Gasteiger partial charge in [0.25, 0.3) is 0 Å². The fourth-order valence-corrected chi connectivity index (χ4v) is 2.06. The summed E-state index contributed by atoms with van der Waals surface area (Å²) >= 11 is 0. The molecule has 1 aromatic rings. The summed E-state index contributed by atoms with van der Waals surface area (Å²) in [5, 5.41) is 14.7. The zero-order chi connectivity index (χ0) is 15.7. The van der Waals surface area contributed by atoms with Crippen LogP contribution in [0.1, 0.15) is 32.3 Å². The van der Waals surface area contributed by atoms with Crippen molar-refractivity contribution in [2.75, 3.05) is 13.1 Å². The molecule has 21 heavy (non-hydrogen) atoms. The van der Waals surface area contributed by atoms with E-state index in [2.05, 4.69) is 15.6 Å². The van der Waals surface area contributed by atoms with Gasteiger partial charge in [-0.25, -0.2) is 4.79 Å². The molecule has 6 nitrogen and oxygen atoms in total. The molecule has 0 spiro atoms. The van der Waals surface area contributed by atoms with E-state index >= 15 is 0 Å². The molecule has 2 amide bonds. The van der Waals surface area contributed by atoms with Crippen LogP contribution in [0.5, 0.6) is 0 Å². The minimum absolute atomic E-state index is 0.135. The number of nitrogens with zero attached hydrogens (tertiary/aromatic N) is 1. The molecular formula is C15H23N3O3. The van der Waals surface area contributed by atoms with E-state index in [0.29, 0.717) is 25.8 Å². The van der Waals surface area contributed by atoms with Gasteiger partial charge in [0.2, 0.25) is 0 Å². The maximum Gasteiger partial charge on any atom is 0.314 e. The highest BCUT2D eigenvalue weighted by atomic mass is 16.4. The second-order valence-corrected chi connectivity index (χ2v) is 5.01. The van der Waals surface area contributed by atoms with Crippen LogP contribution in [-0.2, 0) is 11.2 Å². The van der Waals surface area contributed by atoms with Gasteiger partial charge in [-0.1, -0.05) is 13.8 Å². The molecule has 0 aliphatic heterocycles. The molecule has 6 heteroatoms. The molecule has 0 bridgehead atoms. The summed E-state index contributed by atoms with van der Waals surface area (Å²) in [6, 6.07) is 3.45. The Morgan fingerprint density at radius 3 is 2.33 bits per heavy atom. The average molecular weight is 293 g/mol. The number of nitrogens with one attached hydrogen (secondary N) is 2. The van der Waals surface area contributed by atoms with Gasteiger partial charge in [0, 0.05) is 25.5 Å². The minimum Gasteiger partial charge on any atom is -0.481 e. The quantitative estimate of drug-likeness (QED) is 0.681. The van der Waals surface area contributed by atoms with Crippen molar-refractivity contribution in [2.45, 2.75) is 33.1 Å². The van der Waals surface area contributed by atoms with Crippen LogP contribution in [0.3, 0.4) is 0 Å². The third-order valence-electron chi connectivity index (χ3n) is 3.84. The number of hydrogen-bond donors (Lipinski definition) is 3. The molecule has 0 atom stereocenters. The molecule has 0 fully saturated rings. The molecule has 0 unspecified atom stereocenters. The molecule has 1 heterocycles. The highest BCUT2D eigenvalue weighted by Crippen LogP contribution is 2.25. The molecular weight excluding hydrogens is 270 g/mol. The number of carboxylic acid groups (broad SMARTS) is 1. The van der Waals surface area contributed by atoms with Crippen LogP contribution in [0.2, 0.25) is 0 Å². The van der Waals surface area contributed by atoms with Crippen LogP contribution >= 0.6 is 0 Å².